The van der Waals surface area contributed by atoms with E-state index in [1.54, 1.807) is 41.9 Å². The number of nitrogens with one attached hydrogen (secondary N) is 1. The van der Waals surface area contributed by atoms with E-state index in [0.29, 0.717) is 5.82 Å². The fraction of sp³-hybridized carbons (Fsp3) is 0.0526. The van der Waals surface area contributed by atoms with Gasteiger partial charge in [-0.1, -0.05) is 0 Å². The molecule has 0 saturated heterocycles. The predicted molar refractivity (Wildman–Crippen MR) is 103 cm³/mol. The molecule has 0 amide bonds. The first-order valence-electron chi connectivity index (χ1n) is 8.70. The lowest BCUT2D eigenvalue weighted by molar-refractivity contribution is 0.871. The second-order valence-electron chi connectivity index (χ2n) is 6.60. The van der Waals surface area contributed by atoms with Crippen molar-refractivity contribution >= 4 is 32.8 Å². The normalized spacial score (nSPS) is 11.8. The summed E-state index contributed by atoms with van der Waals surface area (Å²) in [6.07, 6.45) is 12.5. The molecule has 0 aliphatic heterocycles. The van der Waals surface area contributed by atoms with Gasteiger partial charge < -0.3 is 0 Å². The average Bonchev–Trinajstić information content (AvgIpc) is 3.44. The van der Waals surface area contributed by atoms with E-state index in [2.05, 4.69) is 41.4 Å². The van der Waals surface area contributed by atoms with Crippen LogP contribution in [-0.2, 0) is 0 Å². The Labute approximate surface area is 157 Å². The zero-order valence-corrected chi connectivity index (χ0v) is 14.8. The fourth-order valence-electron chi connectivity index (χ4n) is 3.50. The molecule has 0 bridgehead atoms. The third kappa shape index (κ3) is 2.01. The highest BCUT2D eigenvalue weighted by atomic mass is 15.3. The smallest absolute Gasteiger partial charge is 0.166 e. The molecule has 134 valence electrons. The molecule has 6 aromatic heterocycles. The summed E-state index contributed by atoms with van der Waals surface area (Å²) in [6.45, 7) is 2.01. The Morgan fingerprint density at radius 2 is 1.82 bits per heavy atom. The Balaban J connectivity index is 1.61. The molecule has 28 heavy (non-hydrogen) atoms. The summed E-state index contributed by atoms with van der Waals surface area (Å²) in [5, 5.41) is 18.9. The van der Waals surface area contributed by atoms with E-state index in [-0.39, 0.29) is 0 Å². The summed E-state index contributed by atoms with van der Waals surface area (Å²) < 4.78 is 3.59. The van der Waals surface area contributed by atoms with Gasteiger partial charge in [-0.3, -0.25) is 10.1 Å². The van der Waals surface area contributed by atoms with Gasteiger partial charge in [-0.15, -0.1) is 0 Å². The Bertz CT molecular complexity index is 1490. The lowest BCUT2D eigenvalue weighted by Crippen LogP contribution is -2.02. The van der Waals surface area contributed by atoms with Crippen molar-refractivity contribution in [2.45, 2.75) is 6.92 Å². The van der Waals surface area contributed by atoms with Crippen molar-refractivity contribution in [1.29, 1.82) is 0 Å². The maximum atomic E-state index is 4.59. The minimum absolute atomic E-state index is 0.683. The number of rotatable bonds is 2. The second-order valence-corrected chi connectivity index (χ2v) is 6.60. The number of pyridine rings is 3. The highest BCUT2D eigenvalue weighted by molar-refractivity contribution is 5.92. The lowest BCUT2D eigenvalue weighted by Gasteiger charge is -2.06. The van der Waals surface area contributed by atoms with Crippen LogP contribution in [-0.4, -0.2) is 44.7 Å². The molecular weight excluding hydrogens is 354 g/mol. The largest absolute Gasteiger partial charge is 0.276 e. The minimum atomic E-state index is 0.683. The molecule has 0 aliphatic carbocycles. The summed E-state index contributed by atoms with van der Waals surface area (Å²) in [5.41, 5.74) is 4.45. The highest BCUT2D eigenvalue weighted by Gasteiger charge is 2.16. The van der Waals surface area contributed by atoms with Gasteiger partial charge in [-0.05, 0) is 24.6 Å². The molecule has 9 nitrogen and oxygen atoms in total. The summed E-state index contributed by atoms with van der Waals surface area (Å²) in [6, 6.07) is 3.98. The molecular formula is C19H13N9. The number of hydrogen-bond donors (Lipinski definition) is 1. The number of nitrogens with zero attached hydrogens (tertiary/aromatic N) is 8. The molecule has 0 unspecified atom stereocenters. The zero-order chi connectivity index (χ0) is 18.7. The van der Waals surface area contributed by atoms with Gasteiger partial charge in [0.1, 0.15) is 0 Å². The Hall–Kier alpha value is -4.14. The molecule has 0 spiro atoms. The average molecular weight is 367 g/mol. The summed E-state index contributed by atoms with van der Waals surface area (Å²) >= 11 is 0. The van der Waals surface area contributed by atoms with Crippen molar-refractivity contribution in [1.82, 2.24) is 44.7 Å². The third-order valence-electron chi connectivity index (χ3n) is 4.80. The van der Waals surface area contributed by atoms with Gasteiger partial charge in [0.15, 0.2) is 11.5 Å². The Kier molecular flexibility index (Phi) is 2.90. The molecule has 6 rings (SSSR count). The maximum absolute atomic E-state index is 4.59. The van der Waals surface area contributed by atoms with Gasteiger partial charge in [0, 0.05) is 23.2 Å². The molecule has 0 saturated carbocycles. The van der Waals surface area contributed by atoms with Crippen LogP contribution in [0.5, 0.6) is 0 Å². The number of aryl methyl sites for hydroxylation is 1. The van der Waals surface area contributed by atoms with E-state index >= 15 is 0 Å². The van der Waals surface area contributed by atoms with Gasteiger partial charge >= 0.3 is 0 Å². The maximum Gasteiger partial charge on any atom is 0.166 e. The van der Waals surface area contributed by atoms with Crippen molar-refractivity contribution in [2.24, 2.45) is 0 Å². The molecule has 0 atom stereocenters. The van der Waals surface area contributed by atoms with Crippen LogP contribution in [0.2, 0.25) is 0 Å². The van der Waals surface area contributed by atoms with Gasteiger partial charge in [0.2, 0.25) is 0 Å². The molecule has 0 fully saturated rings. The Morgan fingerprint density at radius 1 is 0.893 bits per heavy atom. The number of fused-ring (bicyclic) bond motifs is 3. The molecule has 6 heterocycles. The molecule has 1 N–H and O–H groups in total. The van der Waals surface area contributed by atoms with Crippen LogP contribution in [0.3, 0.4) is 0 Å². The van der Waals surface area contributed by atoms with Crippen molar-refractivity contribution in [3.8, 4) is 11.5 Å². The summed E-state index contributed by atoms with van der Waals surface area (Å²) in [7, 11) is 0. The minimum Gasteiger partial charge on any atom is -0.276 e. The van der Waals surface area contributed by atoms with Crippen LogP contribution in [0.4, 0.5) is 0 Å². The number of aromatic amines is 1. The molecule has 9 heteroatoms. The number of hydrogen-bond acceptors (Lipinski definition) is 6. The Morgan fingerprint density at radius 3 is 2.79 bits per heavy atom. The molecule has 6 aromatic rings. The van der Waals surface area contributed by atoms with Gasteiger partial charge in [-0.2, -0.15) is 20.0 Å². The van der Waals surface area contributed by atoms with Crippen molar-refractivity contribution in [2.75, 3.05) is 0 Å². The first-order chi connectivity index (χ1) is 13.8. The molecule has 0 aliphatic rings. The van der Waals surface area contributed by atoms with Crippen LogP contribution in [0.15, 0.2) is 55.5 Å². The van der Waals surface area contributed by atoms with Crippen molar-refractivity contribution < 1.29 is 0 Å². The summed E-state index contributed by atoms with van der Waals surface area (Å²) in [4.78, 5) is 13.4. The van der Waals surface area contributed by atoms with Gasteiger partial charge in [-0.25, -0.2) is 14.6 Å². The topological polar surface area (TPSA) is 103 Å². The van der Waals surface area contributed by atoms with Gasteiger partial charge in [0.05, 0.1) is 53.1 Å². The monoisotopic (exact) mass is 367 g/mol. The van der Waals surface area contributed by atoms with Crippen molar-refractivity contribution in [3.63, 3.8) is 0 Å². The van der Waals surface area contributed by atoms with E-state index in [9.17, 15) is 0 Å². The standard InChI is InChI=1S/C19H13N9/c1-11-4-12-6-24-28(18(12)22-5-11)19-14-8-25-27(16(14)2-3-21-19)17-10-20-9-15-13(17)7-23-26-15/h2-10H,1H3,(H,23,26). The van der Waals surface area contributed by atoms with Gasteiger partial charge in [0.25, 0.3) is 0 Å². The number of H-pyrrole nitrogens is 1. The number of aromatic nitrogens is 9. The lowest BCUT2D eigenvalue weighted by atomic mass is 10.2. The van der Waals surface area contributed by atoms with E-state index in [1.165, 1.54) is 0 Å². The third-order valence-corrected chi connectivity index (χ3v) is 4.80. The van der Waals surface area contributed by atoms with Crippen LogP contribution >= 0.6 is 0 Å². The van der Waals surface area contributed by atoms with Crippen LogP contribution in [0.25, 0.3) is 44.3 Å². The zero-order valence-electron chi connectivity index (χ0n) is 14.8. The van der Waals surface area contributed by atoms with E-state index in [0.717, 1.165) is 44.1 Å². The first kappa shape index (κ1) is 15.0. The SMILES string of the molecule is Cc1cnc2c(cnn2-c2nccc3c2cnn3-c2cncc3[nH]ncc23)c1. The van der Waals surface area contributed by atoms with Crippen LogP contribution < -0.4 is 0 Å². The van der Waals surface area contributed by atoms with Crippen molar-refractivity contribution in [3.05, 3.63) is 61.1 Å². The highest BCUT2D eigenvalue weighted by Crippen LogP contribution is 2.27. The van der Waals surface area contributed by atoms with Crippen LogP contribution in [0.1, 0.15) is 5.56 Å². The van der Waals surface area contributed by atoms with E-state index in [4.69, 9.17) is 0 Å². The van der Waals surface area contributed by atoms with E-state index in [1.807, 2.05) is 23.9 Å². The predicted octanol–water partition coefficient (Wildman–Crippen LogP) is 2.73. The molecule has 0 aromatic carbocycles. The first-order valence-corrected chi connectivity index (χ1v) is 8.70. The molecule has 0 radical (unpaired) electrons. The fourth-order valence-corrected chi connectivity index (χ4v) is 3.50. The quantitative estimate of drug-likeness (QED) is 0.505. The second kappa shape index (κ2) is 5.43. The van der Waals surface area contributed by atoms with Crippen LogP contribution in [0, 0.1) is 6.92 Å². The van der Waals surface area contributed by atoms with E-state index < -0.39 is 0 Å². The summed E-state index contributed by atoms with van der Waals surface area (Å²) in [5.74, 6) is 0.683.